The lowest BCUT2D eigenvalue weighted by atomic mass is 10.0. The molecule has 1 fully saturated rings. The maximum atomic E-state index is 12.9. The van der Waals surface area contributed by atoms with Gasteiger partial charge in [-0.05, 0) is 55.0 Å². The molecule has 3 heterocycles. The van der Waals surface area contributed by atoms with Crippen molar-refractivity contribution in [3.05, 3.63) is 118 Å². The second-order valence-corrected chi connectivity index (χ2v) is 12.1. The first-order valence-electron chi connectivity index (χ1n) is 15.5. The molecule has 230 valence electrons. The number of fused-ring (bicyclic) bond motifs is 1. The van der Waals surface area contributed by atoms with E-state index in [1.165, 1.54) is 11.6 Å². The van der Waals surface area contributed by atoms with Gasteiger partial charge in [-0.3, -0.25) is 19.1 Å². The van der Waals surface area contributed by atoms with Gasteiger partial charge >= 0.3 is 5.69 Å². The number of hydrogen-bond acceptors (Lipinski definition) is 5. The fraction of sp³-hybridized carbons (Fsp3) is 0.278. The van der Waals surface area contributed by atoms with E-state index in [-0.39, 0.29) is 23.2 Å². The number of aromatic amines is 2. The van der Waals surface area contributed by atoms with Crippen molar-refractivity contribution in [2.24, 2.45) is 5.92 Å². The first-order valence-corrected chi connectivity index (χ1v) is 15.5. The lowest BCUT2D eigenvalue weighted by Gasteiger charge is -2.32. The average molecular weight is 603 g/mol. The number of anilines is 1. The summed E-state index contributed by atoms with van der Waals surface area (Å²) < 4.78 is 1.83. The van der Waals surface area contributed by atoms with Crippen LogP contribution in [0, 0.1) is 5.92 Å². The number of nitrogens with one attached hydrogen (secondary N) is 3. The highest BCUT2D eigenvalue weighted by molar-refractivity contribution is 6.00. The highest BCUT2D eigenvalue weighted by Gasteiger charge is 2.24. The van der Waals surface area contributed by atoms with E-state index in [2.05, 4.69) is 64.9 Å². The largest absolute Gasteiger partial charge is 0.326 e. The predicted octanol–water partition coefficient (Wildman–Crippen LogP) is 5.91. The van der Waals surface area contributed by atoms with Crippen LogP contribution in [-0.4, -0.2) is 43.4 Å². The fourth-order valence-corrected chi connectivity index (χ4v) is 6.15. The van der Waals surface area contributed by atoms with E-state index in [1.807, 2.05) is 47.0 Å². The molecule has 0 unspecified atom stereocenters. The molecule has 0 aliphatic carbocycles. The first-order chi connectivity index (χ1) is 21.8. The maximum Gasteiger partial charge on any atom is 0.326 e. The number of hydrogen-bond donors (Lipinski definition) is 3. The third-order valence-electron chi connectivity index (χ3n) is 8.37. The maximum absolute atomic E-state index is 12.9. The highest BCUT2D eigenvalue weighted by Crippen LogP contribution is 2.30. The molecule has 1 amide bonds. The molecule has 9 heteroatoms. The van der Waals surface area contributed by atoms with Crippen LogP contribution in [0.3, 0.4) is 0 Å². The van der Waals surface area contributed by atoms with Crippen molar-refractivity contribution in [1.82, 2.24) is 24.4 Å². The summed E-state index contributed by atoms with van der Waals surface area (Å²) in [5, 5.41) is 2.78. The molecule has 1 saturated heterocycles. The Morgan fingerprint density at radius 1 is 1.00 bits per heavy atom. The monoisotopic (exact) mass is 602 g/mol. The van der Waals surface area contributed by atoms with Crippen molar-refractivity contribution in [3.8, 4) is 22.5 Å². The van der Waals surface area contributed by atoms with Gasteiger partial charge in [0.2, 0.25) is 5.91 Å². The minimum atomic E-state index is -0.289. The molecule has 6 rings (SSSR count). The molecule has 2 aromatic heterocycles. The molecule has 0 bridgehead atoms. The van der Waals surface area contributed by atoms with Crippen LogP contribution in [0.15, 0.2) is 95.0 Å². The molecule has 0 radical (unpaired) electrons. The Bertz CT molecular complexity index is 1950. The van der Waals surface area contributed by atoms with Crippen LogP contribution in [-0.2, 0) is 17.8 Å². The molecular formula is C36H38N6O3. The van der Waals surface area contributed by atoms with Crippen LogP contribution in [0.25, 0.3) is 33.5 Å². The Morgan fingerprint density at radius 2 is 1.73 bits per heavy atom. The quantitative estimate of drug-likeness (QED) is 0.182. The van der Waals surface area contributed by atoms with E-state index in [0.717, 1.165) is 66.0 Å². The van der Waals surface area contributed by atoms with E-state index in [4.69, 9.17) is 4.98 Å². The minimum absolute atomic E-state index is 0.0676. The molecule has 9 nitrogen and oxygen atoms in total. The van der Waals surface area contributed by atoms with Crippen molar-refractivity contribution < 1.29 is 4.79 Å². The second-order valence-electron chi connectivity index (χ2n) is 12.1. The lowest BCUT2D eigenvalue weighted by Crippen LogP contribution is -2.36. The van der Waals surface area contributed by atoms with Crippen LogP contribution >= 0.6 is 0 Å². The van der Waals surface area contributed by atoms with Crippen LogP contribution < -0.4 is 16.6 Å². The Kier molecular flexibility index (Phi) is 8.62. The van der Waals surface area contributed by atoms with Gasteiger partial charge in [0.25, 0.3) is 5.56 Å². The summed E-state index contributed by atoms with van der Waals surface area (Å²) in [5.41, 5.74) is 7.04. The molecule has 1 aliphatic rings. The molecule has 0 atom stereocenters. The van der Waals surface area contributed by atoms with Crippen molar-refractivity contribution in [2.75, 3.05) is 18.4 Å². The normalized spacial score (nSPS) is 14.2. The molecule has 0 saturated carbocycles. The number of carbonyl (C=O) groups excluding carboxylic acids is 1. The van der Waals surface area contributed by atoms with Gasteiger partial charge in [0, 0.05) is 42.5 Å². The van der Waals surface area contributed by atoms with Crippen LogP contribution in [0.2, 0.25) is 0 Å². The number of aromatic nitrogens is 4. The Morgan fingerprint density at radius 3 is 2.42 bits per heavy atom. The molecule has 3 N–H and O–H groups in total. The summed E-state index contributed by atoms with van der Waals surface area (Å²) in [5.74, 6) is 0.0280. The van der Waals surface area contributed by atoms with Gasteiger partial charge in [0.1, 0.15) is 5.69 Å². The van der Waals surface area contributed by atoms with Gasteiger partial charge in [-0.2, -0.15) is 0 Å². The number of imidazole rings is 1. The van der Waals surface area contributed by atoms with Gasteiger partial charge in [0.15, 0.2) is 0 Å². The third kappa shape index (κ3) is 6.58. The van der Waals surface area contributed by atoms with Gasteiger partial charge in [0.05, 0.1) is 22.4 Å². The second kappa shape index (κ2) is 12.9. The molecule has 45 heavy (non-hydrogen) atoms. The number of nitrogens with zero attached hydrogens (tertiary/aromatic N) is 3. The summed E-state index contributed by atoms with van der Waals surface area (Å²) in [7, 11) is 0. The first kappa shape index (κ1) is 30.0. The SMILES string of the molecule is C=CC(=O)Nc1ccc2[nH]c(=O)n(C3CCN(Cc4ccc(-c5nc(CC(C)C)c(=O)[nH]c5-c5ccccc5)cc4)CC3)c2c1. The van der Waals surface area contributed by atoms with Crippen molar-refractivity contribution in [2.45, 2.75) is 45.7 Å². The van der Waals surface area contributed by atoms with E-state index in [1.54, 1.807) is 6.07 Å². The zero-order valence-electron chi connectivity index (χ0n) is 25.7. The van der Waals surface area contributed by atoms with Gasteiger partial charge in [-0.15, -0.1) is 0 Å². The van der Waals surface area contributed by atoms with E-state index >= 15 is 0 Å². The average Bonchev–Trinajstić information content (AvgIpc) is 3.37. The van der Waals surface area contributed by atoms with Gasteiger partial charge in [-0.1, -0.05) is 75.0 Å². The van der Waals surface area contributed by atoms with E-state index in [0.29, 0.717) is 23.7 Å². The van der Waals surface area contributed by atoms with Gasteiger partial charge in [-0.25, -0.2) is 9.78 Å². The Balaban J connectivity index is 1.17. The molecular weight excluding hydrogens is 564 g/mol. The van der Waals surface area contributed by atoms with Crippen molar-refractivity contribution in [3.63, 3.8) is 0 Å². The topological polar surface area (TPSA) is 116 Å². The molecule has 3 aromatic carbocycles. The van der Waals surface area contributed by atoms with Crippen molar-refractivity contribution >= 4 is 22.6 Å². The summed E-state index contributed by atoms with van der Waals surface area (Å²) in [6, 6.07) is 23.8. The molecule has 0 spiro atoms. The summed E-state index contributed by atoms with van der Waals surface area (Å²) in [4.78, 5) is 51.0. The minimum Gasteiger partial charge on any atom is -0.322 e. The summed E-state index contributed by atoms with van der Waals surface area (Å²) >= 11 is 0. The van der Waals surface area contributed by atoms with E-state index in [9.17, 15) is 14.4 Å². The van der Waals surface area contributed by atoms with Crippen molar-refractivity contribution in [1.29, 1.82) is 0 Å². The van der Waals surface area contributed by atoms with Crippen LogP contribution in [0.1, 0.15) is 44.0 Å². The number of amides is 1. The fourth-order valence-electron chi connectivity index (χ4n) is 6.15. The molecule has 5 aromatic rings. The third-order valence-corrected chi connectivity index (χ3v) is 8.37. The van der Waals surface area contributed by atoms with E-state index < -0.39 is 0 Å². The number of piperidine rings is 1. The number of benzene rings is 3. The highest BCUT2D eigenvalue weighted by atomic mass is 16.2. The van der Waals surface area contributed by atoms with Crippen LogP contribution in [0.4, 0.5) is 5.69 Å². The predicted molar refractivity (Wildman–Crippen MR) is 179 cm³/mol. The number of carbonyl (C=O) groups is 1. The number of H-pyrrole nitrogens is 2. The lowest BCUT2D eigenvalue weighted by molar-refractivity contribution is -0.111. The zero-order chi connectivity index (χ0) is 31.5. The standard InChI is InChI=1S/C36H38N6O3/c1-4-32(43)37-27-14-15-29-31(21-27)42(36(45)39-29)28-16-18-41(19-17-28)22-24-10-12-26(13-11-24)33-34(25-8-6-5-7-9-25)40-35(44)30(38-33)20-23(2)3/h4-15,21,23,28H,1,16-20,22H2,2-3H3,(H,37,43)(H,39,45)(H,40,44). The smallest absolute Gasteiger partial charge is 0.322 e. The summed E-state index contributed by atoms with van der Waals surface area (Å²) in [6.45, 7) is 10.2. The Labute approximate surface area is 261 Å². The van der Waals surface area contributed by atoms with Crippen LogP contribution in [0.5, 0.6) is 0 Å². The summed E-state index contributed by atoms with van der Waals surface area (Å²) in [6.07, 6.45) is 3.52. The Hall–Kier alpha value is -5.02. The van der Waals surface area contributed by atoms with Gasteiger partial charge < -0.3 is 15.3 Å². The number of rotatable bonds is 9. The number of likely N-dealkylation sites (tertiary alicyclic amines) is 1. The molecule has 1 aliphatic heterocycles. The zero-order valence-corrected chi connectivity index (χ0v) is 25.7.